The zero-order valence-corrected chi connectivity index (χ0v) is 31.6. The molecule has 2 aliphatic heterocycles. The number of phenols is 4. The summed E-state index contributed by atoms with van der Waals surface area (Å²) in [5.74, 6) is -0.155. The maximum absolute atomic E-state index is 14.9. The Kier molecular flexibility index (Phi) is 7.36. The maximum Gasteiger partial charge on any atom is 0.201 e. The Hall–Kier alpha value is -8.24. The van der Waals surface area contributed by atoms with Gasteiger partial charge in [0.1, 0.15) is 28.8 Å². The molecule has 3 aliphatic rings. The first-order valence-corrected chi connectivity index (χ1v) is 19.4. The first-order chi connectivity index (χ1) is 29.1. The predicted molar refractivity (Wildman–Crippen MR) is 231 cm³/mol. The summed E-state index contributed by atoms with van der Waals surface area (Å²) in [6.45, 7) is 0. The van der Waals surface area contributed by atoms with Crippen molar-refractivity contribution in [2.24, 2.45) is 4.99 Å². The third-order valence-electron chi connectivity index (χ3n) is 11.9. The standard InChI is InChI=1S/C50H34N4O6/c55-33-17-9-29(10-18-33)49(30-11-19-34(56)20-12-30)51-39-5-1-3-27-7-25-37(45(53-49)41(27)39)43-47(59)44(48(43)60)38-26-8-28-4-2-6-40-42(28)46(38)54-50(52-40,31-13-21-35(57)22-14-31)32-15-23-36(58)24-16-32/h1-26,51-53,55-59H. The molecule has 11 rings (SSSR count). The zero-order chi connectivity index (χ0) is 40.9. The molecule has 0 radical (unpaired) electrons. The predicted octanol–water partition coefficient (Wildman–Crippen LogP) is 8.20. The number of anilines is 3. The van der Waals surface area contributed by atoms with Crippen LogP contribution in [-0.2, 0) is 16.1 Å². The lowest BCUT2D eigenvalue weighted by Crippen LogP contribution is -2.47. The molecule has 8 N–H and O–H groups in total. The van der Waals surface area contributed by atoms with Crippen molar-refractivity contribution in [3.63, 3.8) is 0 Å². The molecule has 0 unspecified atom stereocenters. The van der Waals surface area contributed by atoms with E-state index in [1.165, 1.54) is 0 Å². The van der Waals surface area contributed by atoms with E-state index in [9.17, 15) is 30.3 Å². The van der Waals surface area contributed by atoms with Crippen molar-refractivity contribution in [2.45, 2.75) is 11.3 Å². The van der Waals surface area contributed by atoms with Gasteiger partial charge in [0.2, 0.25) is 5.78 Å². The van der Waals surface area contributed by atoms with Crippen LogP contribution in [0.5, 0.6) is 23.0 Å². The summed E-state index contributed by atoms with van der Waals surface area (Å²) in [7, 11) is 0. The van der Waals surface area contributed by atoms with E-state index in [0.29, 0.717) is 33.0 Å². The average molecular weight is 787 g/mol. The van der Waals surface area contributed by atoms with E-state index in [1.54, 1.807) is 97.1 Å². The second-order valence-electron chi connectivity index (χ2n) is 15.3. The van der Waals surface area contributed by atoms with Crippen LogP contribution in [0.2, 0.25) is 0 Å². The highest BCUT2D eigenvalue weighted by molar-refractivity contribution is 6.52. The highest BCUT2D eigenvalue weighted by Gasteiger charge is 2.44. The maximum atomic E-state index is 14.9. The van der Waals surface area contributed by atoms with Gasteiger partial charge >= 0.3 is 0 Å². The highest BCUT2D eigenvalue weighted by Crippen LogP contribution is 2.50. The number of allylic oxidation sites excluding steroid dienone is 2. The SMILES string of the molecule is O=C1C(c2ccc3cccc4c3c2NC(c2ccc(O)cc2)(c2ccc(O)cc2)N4)=C(O)C1=c1ccc2cccc3c2c1=NC(c1ccc(O)cc1)(c1ccc(O)cc1)N3. The summed E-state index contributed by atoms with van der Waals surface area (Å²) in [5, 5.41) is 68.7. The molecule has 290 valence electrons. The molecule has 8 aromatic carbocycles. The Morgan fingerprint density at radius 3 is 1.47 bits per heavy atom. The Balaban J connectivity index is 1.16. The molecular weight excluding hydrogens is 753 g/mol. The van der Waals surface area contributed by atoms with E-state index >= 15 is 0 Å². The van der Waals surface area contributed by atoms with Gasteiger partial charge in [0.05, 0.1) is 22.2 Å². The molecule has 60 heavy (non-hydrogen) atoms. The van der Waals surface area contributed by atoms with Crippen LogP contribution in [-0.4, -0.2) is 31.3 Å². The number of hydrogen-bond donors (Lipinski definition) is 8. The van der Waals surface area contributed by atoms with Gasteiger partial charge in [0, 0.05) is 55.2 Å². The molecular formula is C50H34N4O6. The van der Waals surface area contributed by atoms with E-state index in [-0.39, 0.29) is 45.7 Å². The summed E-state index contributed by atoms with van der Waals surface area (Å²) >= 11 is 0. The number of ketones is 1. The minimum absolute atomic E-state index is 0.0882. The molecule has 0 fully saturated rings. The van der Waals surface area contributed by atoms with Crippen LogP contribution in [0.3, 0.4) is 0 Å². The first-order valence-electron chi connectivity index (χ1n) is 19.4. The molecule has 1 aliphatic carbocycles. The fraction of sp³-hybridized carbons (Fsp3) is 0.0400. The Bertz CT molecular complexity index is 3200. The van der Waals surface area contributed by atoms with Crippen molar-refractivity contribution in [3.05, 3.63) is 202 Å². The summed E-state index contributed by atoms with van der Waals surface area (Å²) in [4.78, 5) is 20.3. The summed E-state index contributed by atoms with van der Waals surface area (Å²) in [6.07, 6.45) is 0. The van der Waals surface area contributed by atoms with Gasteiger partial charge in [-0.25, -0.2) is 4.99 Å². The van der Waals surface area contributed by atoms with Gasteiger partial charge in [-0.1, -0.05) is 97.1 Å². The Morgan fingerprint density at radius 2 is 0.933 bits per heavy atom. The van der Waals surface area contributed by atoms with E-state index in [2.05, 4.69) is 16.0 Å². The van der Waals surface area contributed by atoms with Gasteiger partial charge in [-0.15, -0.1) is 0 Å². The molecule has 0 spiro atoms. The third kappa shape index (κ3) is 5.00. The van der Waals surface area contributed by atoms with Crippen LogP contribution in [0.4, 0.5) is 17.1 Å². The molecule has 2 heterocycles. The van der Waals surface area contributed by atoms with Crippen molar-refractivity contribution in [3.8, 4) is 23.0 Å². The molecule has 0 amide bonds. The number of rotatable bonds is 5. The molecule has 0 saturated heterocycles. The van der Waals surface area contributed by atoms with Crippen LogP contribution in [0.25, 0.3) is 32.7 Å². The number of benzene rings is 8. The first kappa shape index (κ1) is 35.0. The van der Waals surface area contributed by atoms with Crippen LogP contribution >= 0.6 is 0 Å². The third-order valence-corrected chi connectivity index (χ3v) is 11.9. The van der Waals surface area contributed by atoms with Gasteiger partial charge in [-0.05, 0) is 71.4 Å². The van der Waals surface area contributed by atoms with Crippen LogP contribution < -0.4 is 26.5 Å². The lowest BCUT2D eigenvalue weighted by Gasteiger charge is -2.43. The quantitative estimate of drug-likeness (QED) is 0.0858. The van der Waals surface area contributed by atoms with Crippen LogP contribution in [0.1, 0.15) is 27.8 Å². The number of carbonyl (C=O) groups excluding carboxylic acids is 1. The number of aliphatic hydroxyl groups excluding tert-OH is 1. The summed E-state index contributed by atoms with van der Waals surface area (Å²) in [6, 6.07) is 46.4. The Morgan fingerprint density at radius 1 is 0.450 bits per heavy atom. The number of carbonyl (C=O) groups is 1. The average Bonchev–Trinajstić information content (AvgIpc) is 3.26. The van der Waals surface area contributed by atoms with Crippen molar-refractivity contribution in [1.82, 2.24) is 0 Å². The second kappa shape index (κ2) is 12.6. The van der Waals surface area contributed by atoms with Crippen molar-refractivity contribution in [1.29, 1.82) is 0 Å². The molecule has 10 nitrogen and oxygen atoms in total. The highest BCUT2D eigenvalue weighted by atomic mass is 16.3. The van der Waals surface area contributed by atoms with Gasteiger partial charge in [0.15, 0.2) is 11.3 Å². The largest absolute Gasteiger partial charge is 0.508 e. The van der Waals surface area contributed by atoms with Crippen molar-refractivity contribution < 1.29 is 30.3 Å². The second-order valence-corrected chi connectivity index (χ2v) is 15.3. The van der Waals surface area contributed by atoms with Gasteiger partial charge < -0.3 is 41.5 Å². The number of hydrogen-bond acceptors (Lipinski definition) is 10. The zero-order valence-electron chi connectivity index (χ0n) is 31.6. The van der Waals surface area contributed by atoms with Gasteiger partial charge in [-0.3, -0.25) is 4.79 Å². The summed E-state index contributed by atoms with van der Waals surface area (Å²) < 4.78 is 0. The lowest BCUT2D eigenvalue weighted by atomic mass is 9.79. The fourth-order valence-electron chi connectivity index (χ4n) is 9.04. The summed E-state index contributed by atoms with van der Waals surface area (Å²) in [5.41, 5.74) is 3.43. The van der Waals surface area contributed by atoms with Crippen molar-refractivity contribution >= 4 is 55.5 Å². The molecule has 0 atom stereocenters. The topological polar surface area (TPSA) is 167 Å². The molecule has 0 aromatic heterocycles. The van der Waals surface area contributed by atoms with Crippen LogP contribution in [0, 0.1) is 0 Å². The number of aliphatic hydroxyl groups is 1. The van der Waals surface area contributed by atoms with E-state index in [1.807, 2.05) is 60.7 Å². The molecule has 0 saturated carbocycles. The fourth-order valence-corrected chi connectivity index (χ4v) is 9.04. The molecule has 8 aromatic rings. The number of Topliss-reactive ketones (excluding diaryl/α,β-unsaturated/α-hetero) is 1. The number of nitrogens with one attached hydrogen (secondary N) is 3. The van der Waals surface area contributed by atoms with Crippen molar-refractivity contribution in [2.75, 3.05) is 16.0 Å². The number of aromatic hydroxyl groups is 4. The van der Waals surface area contributed by atoms with Gasteiger partial charge in [-0.2, -0.15) is 0 Å². The van der Waals surface area contributed by atoms with E-state index in [4.69, 9.17) is 4.99 Å². The van der Waals surface area contributed by atoms with Gasteiger partial charge in [0.25, 0.3) is 0 Å². The number of nitrogens with zero attached hydrogens (tertiary/aromatic N) is 1. The minimum atomic E-state index is -1.25. The number of phenolic OH excluding ortho intramolecular Hbond substituents is 4. The van der Waals surface area contributed by atoms with Crippen LogP contribution in [0.15, 0.2) is 168 Å². The van der Waals surface area contributed by atoms with E-state index < -0.39 is 11.3 Å². The monoisotopic (exact) mass is 786 g/mol. The minimum Gasteiger partial charge on any atom is -0.508 e. The smallest absolute Gasteiger partial charge is 0.201 e. The molecule has 10 heteroatoms. The lowest BCUT2D eigenvalue weighted by molar-refractivity contribution is -0.109. The normalized spacial score (nSPS) is 16.6. The Labute approximate surface area is 342 Å². The van der Waals surface area contributed by atoms with E-state index in [0.717, 1.165) is 44.0 Å². The molecule has 0 bridgehead atoms.